The number of hydrogen-bond acceptors (Lipinski definition) is 3. The summed E-state index contributed by atoms with van der Waals surface area (Å²) in [4.78, 5) is 11.3. The van der Waals surface area contributed by atoms with Crippen molar-refractivity contribution in [1.82, 2.24) is 15.0 Å². The van der Waals surface area contributed by atoms with Crippen molar-refractivity contribution in [2.24, 2.45) is 17.6 Å². The minimum absolute atomic E-state index is 0.382. The summed E-state index contributed by atoms with van der Waals surface area (Å²) in [7, 11) is 0. The smallest absolute Gasteiger partial charge is 0.271 e. The maximum Gasteiger partial charge on any atom is 0.271 e. The van der Waals surface area contributed by atoms with Gasteiger partial charge in [-0.25, -0.2) is 4.68 Å². The van der Waals surface area contributed by atoms with Crippen LogP contribution in [0.3, 0.4) is 0 Å². The van der Waals surface area contributed by atoms with Crippen LogP contribution in [-0.2, 0) is 13.0 Å². The summed E-state index contributed by atoms with van der Waals surface area (Å²) in [5, 5.41) is 8.02. The normalized spacial score (nSPS) is 19.5. The maximum absolute atomic E-state index is 11.3. The van der Waals surface area contributed by atoms with Crippen LogP contribution in [0.15, 0.2) is 0 Å². The van der Waals surface area contributed by atoms with Gasteiger partial charge in [-0.05, 0) is 37.5 Å². The first-order chi connectivity index (χ1) is 8.24. The molecule has 17 heavy (non-hydrogen) atoms. The Balaban J connectivity index is 1.76. The molecule has 0 bridgehead atoms. The highest BCUT2D eigenvalue weighted by Gasteiger charge is 2.28. The number of aromatic nitrogens is 3. The van der Waals surface area contributed by atoms with Crippen LogP contribution in [0, 0.1) is 11.8 Å². The van der Waals surface area contributed by atoms with E-state index >= 15 is 0 Å². The molecule has 1 amide bonds. The first kappa shape index (κ1) is 10.7. The number of nitrogens with zero attached hydrogens (tertiary/aromatic N) is 3. The third kappa shape index (κ3) is 2.48. The minimum Gasteiger partial charge on any atom is -0.364 e. The summed E-state index contributed by atoms with van der Waals surface area (Å²) < 4.78 is 1.90. The van der Waals surface area contributed by atoms with Crippen molar-refractivity contribution >= 4 is 5.91 Å². The monoisotopic (exact) mass is 234 g/mol. The molecule has 0 atom stereocenters. The third-order valence-electron chi connectivity index (χ3n) is 3.70. The van der Waals surface area contributed by atoms with Gasteiger partial charge in [-0.1, -0.05) is 18.1 Å². The fourth-order valence-corrected chi connectivity index (χ4v) is 2.21. The third-order valence-corrected chi connectivity index (χ3v) is 3.70. The second kappa shape index (κ2) is 4.13. The predicted octanol–water partition coefficient (Wildman–Crippen LogP) is 1.13. The van der Waals surface area contributed by atoms with Crippen molar-refractivity contribution in [2.45, 2.75) is 45.1 Å². The van der Waals surface area contributed by atoms with Crippen LogP contribution in [0.5, 0.6) is 0 Å². The largest absolute Gasteiger partial charge is 0.364 e. The van der Waals surface area contributed by atoms with Gasteiger partial charge in [0.1, 0.15) is 0 Å². The molecule has 0 aliphatic heterocycles. The molecule has 1 aromatic heterocycles. The van der Waals surface area contributed by atoms with E-state index in [0.29, 0.717) is 11.6 Å². The zero-order chi connectivity index (χ0) is 11.8. The Morgan fingerprint density at radius 3 is 2.59 bits per heavy atom. The van der Waals surface area contributed by atoms with Crippen LogP contribution >= 0.6 is 0 Å². The van der Waals surface area contributed by atoms with Crippen LogP contribution in [0.2, 0.25) is 0 Å². The van der Waals surface area contributed by atoms with E-state index in [1.807, 2.05) is 4.68 Å². The number of nitrogens with two attached hydrogens (primary N) is 1. The van der Waals surface area contributed by atoms with Gasteiger partial charge >= 0.3 is 0 Å². The fraction of sp³-hybridized carbons (Fsp3) is 0.750. The van der Waals surface area contributed by atoms with Crippen LogP contribution in [0.1, 0.15) is 48.3 Å². The second-order valence-corrected chi connectivity index (χ2v) is 5.35. The molecule has 3 rings (SSSR count). The Bertz CT molecular complexity index is 432. The van der Waals surface area contributed by atoms with E-state index in [0.717, 1.165) is 31.0 Å². The molecule has 1 heterocycles. The molecule has 2 aliphatic carbocycles. The Labute approximate surface area is 100 Å². The van der Waals surface area contributed by atoms with Crippen LogP contribution in [-0.4, -0.2) is 20.9 Å². The summed E-state index contributed by atoms with van der Waals surface area (Å²) in [5.74, 6) is 1.13. The van der Waals surface area contributed by atoms with Gasteiger partial charge < -0.3 is 5.73 Å². The van der Waals surface area contributed by atoms with E-state index in [4.69, 9.17) is 5.73 Å². The molecule has 0 spiro atoms. The number of hydrogen-bond donors (Lipinski definition) is 1. The zero-order valence-corrected chi connectivity index (χ0v) is 9.93. The van der Waals surface area contributed by atoms with Gasteiger partial charge in [0.2, 0.25) is 0 Å². The molecule has 2 aliphatic rings. The first-order valence-electron chi connectivity index (χ1n) is 6.46. The highest BCUT2D eigenvalue weighted by atomic mass is 16.1. The van der Waals surface area contributed by atoms with Gasteiger partial charge in [0.25, 0.3) is 5.91 Å². The molecule has 5 heteroatoms. The van der Waals surface area contributed by atoms with Crippen molar-refractivity contribution in [3.05, 3.63) is 11.4 Å². The van der Waals surface area contributed by atoms with Gasteiger partial charge in [-0.15, -0.1) is 5.10 Å². The van der Waals surface area contributed by atoms with Crippen molar-refractivity contribution in [2.75, 3.05) is 0 Å². The number of carbonyl (C=O) groups excluding carboxylic acids is 1. The molecule has 0 saturated heterocycles. The predicted molar refractivity (Wildman–Crippen MR) is 62.3 cm³/mol. The van der Waals surface area contributed by atoms with Gasteiger partial charge in [0.15, 0.2) is 5.69 Å². The maximum atomic E-state index is 11.3. The summed E-state index contributed by atoms with van der Waals surface area (Å²) in [6.07, 6.45) is 7.26. The van der Waals surface area contributed by atoms with Crippen LogP contribution in [0.4, 0.5) is 0 Å². The Hall–Kier alpha value is -1.39. The molecule has 1 aromatic rings. The number of aryl methyl sites for hydroxylation is 1. The topological polar surface area (TPSA) is 73.8 Å². The Morgan fingerprint density at radius 2 is 2.00 bits per heavy atom. The van der Waals surface area contributed by atoms with Crippen molar-refractivity contribution < 1.29 is 4.79 Å². The van der Waals surface area contributed by atoms with Gasteiger partial charge in [0.05, 0.1) is 5.69 Å². The number of rotatable bonds is 6. The lowest BCUT2D eigenvalue weighted by atomic mass is 10.1. The Morgan fingerprint density at radius 1 is 1.29 bits per heavy atom. The molecule has 5 nitrogen and oxygen atoms in total. The van der Waals surface area contributed by atoms with Gasteiger partial charge in [-0.3, -0.25) is 4.79 Å². The Kier molecular flexibility index (Phi) is 2.61. The van der Waals surface area contributed by atoms with Gasteiger partial charge in [0, 0.05) is 6.54 Å². The van der Waals surface area contributed by atoms with Crippen molar-refractivity contribution in [3.8, 4) is 0 Å². The highest BCUT2D eigenvalue weighted by Crippen LogP contribution is 2.35. The van der Waals surface area contributed by atoms with E-state index < -0.39 is 5.91 Å². The number of amides is 1. The molecule has 0 radical (unpaired) electrons. The summed E-state index contributed by atoms with van der Waals surface area (Å²) in [6, 6.07) is 0. The van der Waals surface area contributed by atoms with E-state index in [-0.39, 0.29) is 0 Å². The second-order valence-electron chi connectivity index (χ2n) is 5.35. The summed E-state index contributed by atoms with van der Waals surface area (Å²) >= 11 is 0. The SMILES string of the molecule is NC(=O)c1nnn(CCC2CC2)c1CC1CC1. The first-order valence-corrected chi connectivity index (χ1v) is 6.46. The summed E-state index contributed by atoms with van der Waals surface area (Å²) in [6.45, 7) is 0.882. The molecular weight excluding hydrogens is 216 g/mol. The fourth-order valence-electron chi connectivity index (χ4n) is 2.21. The molecule has 0 aromatic carbocycles. The lowest BCUT2D eigenvalue weighted by molar-refractivity contribution is 0.0994. The number of carbonyl (C=O) groups is 1. The molecule has 2 saturated carbocycles. The molecule has 2 fully saturated rings. The van der Waals surface area contributed by atoms with Crippen molar-refractivity contribution in [3.63, 3.8) is 0 Å². The van der Waals surface area contributed by atoms with E-state index in [1.165, 1.54) is 25.7 Å². The van der Waals surface area contributed by atoms with E-state index in [2.05, 4.69) is 10.3 Å². The van der Waals surface area contributed by atoms with E-state index in [9.17, 15) is 4.79 Å². The minimum atomic E-state index is -0.446. The van der Waals surface area contributed by atoms with Crippen LogP contribution in [0.25, 0.3) is 0 Å². The quantitative estimate of drug-likeness (QED) is 0.801. The average molecular weight is 234 g/mol. The molecule has 0 unspecified atom stereocenters. The standard InChI is InChI=1S/C12H18N4O/c13-12(17)11-10(7-9-3-4-9)16(15-14-11)6-5-8-1-2-8/h8-9H,1-7H2,(H2,13,17). The lowest BCUT2D eigenvalue weighted by Crippen LogP contribution is -2.16. The summed E-state index contributed by atoms with van der Waals surface area (Å²) in [5.41, 5.74) is 6.68. The molecule has 2 N–H and O–H groups in total. The van der Waals surface area contributed by atoms with Crippen LogP contribution < -0.4 is 5.73 Å². The zero-order valence-electron chi connectivity index (χ0n) is 9.93. The lowest BCUT2D eigenvalue weighted by Gasteiger charge is -2.05. The van der Waals surface area contributed by atoms with Gasteiger partial charge in [-0.2, -0.15) is 0 Å². The molecule has 92 valence electrons. The van der Waals surface area contributed by atoms with E-state index in [1.54, 1.807) is 0 Å². The van der Waals surface area contributed by atoms with Crippen molar-refractivity contribution in [1.29, 1.82) is 0 Å². The molecular formula is C12H18N4O. The average Bonchev–Trinajstić information content (AvgIpc) is 3.16. The highest BCUT2D eigenvalue weighted by molar-refractivity contribution is 5.91. The number of primary amides is 1.